The number of carbonyl (C=O) groups excluding carboxylic acids is 1. The zero-order valence-corrected chi connectivity index (χ0v) is 5.13. The minimum atomic E-state index is -0.194. The maximum atomic E-state index is 10.3. The first-order valence-corrected chi connectivity index (χ1v) is 2.82. The van der Waals surface area contributed by atoms with Crippen LogP contribution < -0.4 is 5.73 Å². The molecule has 0 saturated heterocycles. The van der Waals surface area contributed by atoms with Gasteiger partial charge < -0.3 is 5.73 Å². The van der Waals surface area contributed by atoms with Crippen molar-refractivity contribution in [2.24, 2.45) is 5.73 Å². The molecule has 7 heavy (non-hydrogen) atoms. The van der Waals surface area contributed by atoms with Crippen molar-refractivity contribution in [3.05, 3.63) is 0 Å². The molecule has 1 unspecified atom stereocenters. The van der Waals surface area contributed by atoms with Crippen LogP contribution in [0.25, 0.3) is 0 Å². The maximum Gasteiger partial charge on any atom is 0.227 e. The second-order valence-corrected chi connectivity index (χ2v) is 3.13. The average Bonchev–Trinajstić information content (AvgIpc) is 2.21. The highest BCUT2D eigenvalue weighted by molar-refractivity contribution is 7.21. The second-order valence-electron chi connectivity index (χ2n) is 2.02. The van der Waals surface area contributed by atoms with Gasteiger partial charge in [-0.3, -0.25) is 4.79 Å². The fraction of sp³-hybridized carbons (Fsp3) is 0.750. The summed E-state index contributed by atoms with van der Waals surface area (Å²) in [5, 5.41) is -0.194. The number of rotatable bonds is 1. The normalized spacial score (nSPS) is 24.1. The van der Waals surface area contributed by atoms with Crippen LogP contribution >= 0.6 is 9.24 Å². The summed E-state index contributed by atoms with van der Waals surface area (Å²) in [5.41, 5.74) is 4.97. The first-order chi connectivity index (χ1) is 3.15. The van der Waals surface area contributed by atoms with E-state index in [2.05, 4.69) is 9.24 Å². The molecule has 0 spiro atoms. The van der Waals surface area contributed by atoms with Crippen LogP contribution in [0.1, 0.15) is 12.8 Å². The lowest BCUT2D eigenvalue weighted by Crippen LogP contribution is -2.23. The quantitative estimate of drug-likeness (QED) is 0.478. The first-order valence-electron chi connectivity index (χ1n) is 2.24. The molecule has 2 nitrogen and oxygen atoms in total. The van der Waals surface area contributed by atoms with Crippen LogP contribution in [0, 0.1) is 0 Å². The Balaban J connectivity index is 2.55. The van der Waals surface area contributed by atoms with Gasteiger partial charge in [0, 0.05) is 0 Å². The van der Waals surface area contributed by atoms with Crippen LogP contribution in [0.2, 0.25) is 0 Å². The van der Waals surface area contributed by atoms with Crippen LogP contribution in [0.15, 0.2) is 0 Å². The van der Waals surface area contributed by atoms with Gasteiger partial charge in [-0.15, -0.1) is 9.24 Å². The van der Waals surface area contributed by atoms with E-state index in [9.17, 15) is 4.79 Å². The zero-order chi connectivity index (χ0) is 5.49. The minimum Gasteiger partial charge on any atom is -0.369 e. The van der Waals surface area contributed by atoms with E-state index < -0.39 is 0 Å². The van der Waals surface area contributed by atoms with Crippen molar-refractivity contribution in [2.45, 2.75) is 18.0 Å². The van der Waals surface area contributed by atoms with Gasteiger partial charge in [0.05, 0.1) is 5.16 Å². The SMILES string of the molecule is NC(=O)C1(P)CC1. The van der Waals surface area contributed by atoms with E-state index in [1.807, 2.05) is 0 Å². The van der Waals surface area contributed by atoms with Gasteiger partial charge in [-0.1, -0.05) is 0 Å². The number of nitrogens with two attached hydrogens (primary N) is 1. The van der Waals surface area contributed by atoms with Gasteiger partial charge >= 0.3 is 0 Å². The molecule has 3 heteroatoms. The van der Waals surface area contributed by atoms with E-state index in [0.717, 1.165) is 12.8 Å². The second kappa shape index (κ2) is 1.19. The Morgan fingerprint density at radius 1 is 1.71 bits per heavy atom. The summed E-state index contributed by atoms with van der Waals surface area (Å²) < 4.78 is 0. The summed E-state index contributed by atoms with van der Waals surface area (Å²) >= 11 is 0. The van der Waals surface area contributed by atoms with Crippen molar-refractivity contribution >= 4 is 15.1 Å². The zero-order valence-electron chi connectivity index (χ0n) is 3.98. The van der Waals surface area contributed by atoms with Crippen molar-refractivity contribution in [3.63, 3.8) is 0 Å². The van der Waals surface area contributed by atoms with Crippen LogP contribution in [-0.2, 0) is 4.79 Å². The summed E-state index contributed by atoms with van der Waals surface area (Å²) in [6, 6.07) is 0. The van der Waals surface area contributed by atoms with Crippen LogP contribution in [0.4, 0.5) is 0 Å². The molecule has 0 aromatic carbocycles. The van der Waals surface area contributed by atoms with E-state index in [0.29, 0.717) is 0 Å². The lowest BCUT2D eigenvalue weighted by molar-refractivity contribution is -0.118. The molecule has 1 rings (SSSR count). The Labute approximate surface area is 44.7 Å². The Morgan fingerprint density at radius 2 is 2.14 bits per heavy atom. The molecular weight excluding hydrogens is 109 g/mol. The van der Waals surface area contributed by atoms with Crippen LogP contribution in [0.3, 0.4) is 0 Å². The molecule has 0 aromatic heterocycles. The standard InChI is InChI=1S/C4H8NOP/c5-3(6)4(7)1-2-4/h1-2,7H2,(H2,5,6). The number of primary amides is 1. The summed E-state index contributed by atoms with van der Waals surface area (Å²) in [4.78, 5) is 10.3. The average molecular weight is 117 g/mol. The molecule has 0 radical (unpaired) electrons. The molecule has 0 bridgehead atoms. The Morgan fingerprint density at radius 3 is 2.14 bits per heavy atom. The molecule has 40 valence electrons. The molecule has 1 saturated carbocycles. The third-order valence-corrected chi connectivity index (χ3v) is 2.14. The van der Waals surface area contributed by atoms with E-state index in [-0.39, 0.29) is 11.1 Å². The van der Waals surface area contributed by atoms with Gasteiger partial charge in [0.25, 0.3) is 0 Å². The lowest BCUT2D eigenvalue weighted by Gasteiger charge is -1.96. The van der Waals surface area contributed by atoms with E-state index in [4.69, 9.17) is 5.73 Å². The number of hydrogen-bond acceptors (Lipinski definition) is 1. The molecule has 0 aliphatic heterocycles. The van der Waals surface area contributed by atoms with Crippen LogP contribution in [0.5, 0.6) is 0 Å². The van der Waals surface area contributed by atoms with Crippen LogP contribution in [-0.4, -0.2) is 11.1 Å². The van der Waals surface area contributed by atoms with Gasteiger partial charge in [0.15, 0.2) is 0 Å². The largest absolute Gasteiger partial charge is 0.369 e. The third kappa shape index (κ3) is 0.755. The Hall–Kier alpha value is -0.100. The van der Waals surface area contributed by atoms with Crippen molar-refractivity contribution in [2.75, 3.05) is 0 Å². The van der Waals surface area contributed by atoms with Gasteiger partial charge in [0.2, 0.25) is 5.91 Å². The number of amides is 1. The summed E-state index contributed by atoms with van der Waals surface area (Å²) in [7, 11) is 2.47. The monoisotopic (exact) mass is 117 g/mol. The first kappa shape index (κ1) is 5.04. The topological polar surface area (TPSA) is 43.1 Å². The highest BCUT2D eigenvalue weighted by atomic mass is 31.0. The lowest BCUT2D eigenvalue weighted by atomic mass is 10.4. The molecule has 1 fully saturated rings. The molecule has 1 atom stereocenters. The molecule has 0 aromatic rings. The van der Waals surface area contributed by atoms with Crippen molar-refractivity contribution in [3.8, 4) is 0 Å². The third-order valence-electron chi connectivity index (χ3n) is 1.28. The number of hydrogen-bond donors (Lipinski definition) is 1. The van der Waals surface area contributed by atoms with E-state index in [1.54, 1.807) is 0 Å². The summed E-state index contributed by atoms with van der Waals surface area (Å²) in [6.45, 7) is 0. The highest BCUT2D eigenvalue weighted by Gasteiger charge is 2.43. The molecular formula is C4H8NOP. The fourth-order valence-corrected chi connectivity index (χ4v) is 0.525. The van der Waals surface area contributed by atoms with Gasteiger partial charge in [-0.2, -0.15) is 0 Å². The predicted octanol–water partition coefficient (Wildman–Crippen LogP) is -0.121. The van der Waals surface area contributed by atoms with Gasteiger partial charge in [-0.25, -0.2) is 0 Å². The minimum absolute atomic E-state index is 0.183. The van der Waals surface area contributed by atoms with Crippen molar-refractivity contribution in [1.82, 2.24) is 0 Å². The Bertz CT molecular complexity index is 108. The highest BCUT2D eigenvalue weighted by Crippen LogP contribution is 2.43. The fourth-order valence-electron chi connectivity index (χ4n) is 0.381. The summed E-state index contributed by atoms with van der Waals surface area (Å²) in [5.74, 6) is -0.183. The van der Waals surface area contributed by atoms with E-state index >= 15 is 0 Å². The molecule has 1 aliphatic rings. The van der Waals surface area contributed by atoms with E-state index in [1.165, 1.54) is 0 Å². The molecule has 2 N–H and O–H groups in total. The Kier molecular flexibility index (Phi) is 0.859. The maximum absolute atomic E-state index is 10.3. The van der Waals surface area contributed by atoms with Crippen molar-refractivity contribution < 1.29 is 4.79 Å². The van der Waals surface area contributed by atoms with Crippen molar-refractivity contribution in [1.29, 1.82) is 0 Å². The van der Waals surface area contributed by atoms with Gasteiger partial charge in [-0.05, 0) is 12.8 Å². The smallest absolute Gasteiger partial charge is 0.227 e. The number of carbonyl (C=O) groups is 1. The summed E-state index contributed by atoms with van der Waals surface area (Å²) in [6.07, 6.45) is 1.90. The molecule has 0 heterocycles. The molecule has 1 aliphatic carbocycles. The van der Waals surface area contributed by atoms with Gasteiger partial charge in [0.1, 0.15) is 0 Å². The predicted molar refractivity (Wildman–Crippen MR) is 30.9 cm³/mol. The molecule has 1 amide bonds.